The highest BCUT2D eigenvalue weighted by Crippen LogP contribution is 2.23. The van der Waals surface area contributed by atoms with Gasteiger partial charge in [0, 0.05) is 17.7 Å². The molecule has 2 aromatic rings. The Labute approximate surface area is 119 Å². The summed E-state index contributed by atoms with van der Waals surface area (Å²) in [5.41, 5.74) is 2.83. The summed E-state index contributed by atoms with van der Waals surface area (Å²) in [6, 6.07) is 9.31. The molecule has 0 saturated heterocycles. The topological polar surface area (TPSA) is 107 Å². The smallest absolute Gasteiger partial charge is 0.427 e. The molecule has 0 aliphatic carbocycles. The van der Waals surface area contributed by atoms with Crippen molar-refractivity contribution in [1.29, 1.82) is 0 Å². The fourth-order valence-corrected chi connectivity index (χ4v) is 1.52. The number of methoxy groups -OCH3 is 1. The predicted molar refractivity (Wildman–Crippen MR) is 73.9 cm³/mol. The minimum atomic E-state index is -0.687. The number of benzene rings is 1. The van der Waals surface area contributed by atoms with Crippen LogP contribution in [0.4, 0.5) is 10.5 Å². The molecule has 0 aliphatic rings. The van der Waals surface area contributed by atoms with E-state index in [0.29, 0.717) is 17.1 Å². The van der Waals surface area contributed by atoms with E-state index in [0.717, 1.165) is 0 Å². The van der Waals surface area contributed by atoms with Gasteiger partial charge in [0.25, 0.3) is 5.69 Å². The maximum Gasteiger partial charge on any atom is 0.427 e. The third kappa shape index (κ3) is 3.66. The number of non-ortho nitro benzene ring substituents is 1. The third-order valence-corrected chi connectivity index (χ3v) is 2.52. The number of carbonyl (C=O) groups is 1. The van der Waals surface area contributed by atoms with E-state index in [9.17, 15) is 14.9 Å². The number of hydrazone groups is 1. The highest BCUT2D eigenvalue weighted by atomic mass is 16.6. The fraction of sp³-hybridized carbons (Fsp3) is 0.0769. The molecule has 1 aromatic heterocycles. The van der Waals surface area contributed by atoms with Crippen molar-refractivity contribution in [1.82, 2.24) is 5.43 Å². The molecule has 1 heterocycles. The first kappa shape index (κ1) is 14.3. The summed E-state index contributed by atoms with van der Waals surface area (Å²) < 4.78 is 9.82. The number of nitro groups is 1. The first-order valence-corrected chi connectivity index (χ1v) is 5.82. The van der Waals surface area contributed by atoms with Gasteiger partial charge in [0.05, 0.1) is 18.2 Å². The number of rotatable bonds is 4. The second kappa shape index (κ2) is 6.33. The Balaban J connectivity index is 2.09. The summed E-state index contributed by atoms with van der Waals surface area (Å²) in [4.78, 5) is 20.9. The van der Waals surface area contributed by atoms with Gasteiger partial charge in [0.2, 0.25) is 0 Å². The highest BCUT2D eigenvalue weighted by molar-refractivity contribution is 5.79. The van der Waals surface area contributed by atoms with E-state index in [1.807, 2.05) is 0 Å². The first-order chi connectivity index (χ1) is 10.1. The van der Waals surface area contributed by atoms with E-state index < -0.39 is 11.0 Å². The molecule has 1 N–H and O–H groups in total. The van der Waals surface area contributed by atoms with Crippen LogP contribution in [0.3, 0.4) is 0 Å². The average Bonchev–Trinajstić information content (AvgIpc) is 2.96. The van der Waals surface area contributed by atoms with Crippen molar-refractivity contribution in [2.45, 2.75) is 0 Å². The Hall–Kier alpha value is -3.16. The third-order valence-electron chi connectivity index (χ3n) is 2.52. The molecule has 2 rings (SSSR count). The van der Waals surface area contributed by atoms with E-state index in [1.54, 1.807) is 24.3 Å². The normalized spacial score (nSPS) is 10.5. The second-order valence-electron chi connectivity index (χ2n) is 3.87. The van der Waals surface area contributed by atoms with Crippen LogP contribution in [-0.2, 0) is 4.74 Å². The van der Waals surface area contributed by atoms with E-state index in [-0.39, 0.29) is 5.69 Å². The van der Waals surface area contributed by atoms with E-state index >= 15 is 0 Å². The van der Waals surface area contributed by atoms with Crippen molar-refractivity contribution in [2.24, 2.45) is 5.10 Å². The predicted octanol–water partition coefficient (Wildman–Crippen LogP) is 2.54. The SMILES string of the molecule is COC(=O)N/N=C/c1ccc(-c2ccc([N+](=O)[O-])cc2)o1. The molecule has 0 aliphatic heterocycles. The van der Waals surface area contributed by atoms with Gasteiger partial charge in [0.1, 0.15) is 11.5 Å². The van der Waals surface area contributed by atoms with Gasteiger partial charge in [-0.1, -0.05) is 0 Å². The molecule has 0 atom stereocenters. The Bertz CT molecular complexity index is 675. The molecule has 0 saturated carbocycles. The number of ether oxygens (including phenoxy) is 1. The Morgan fingerprint density at radius 2 is 2.05 bits per heavy atom. The molecule has 1 aromatic carbocycles. The zero-order valence-corrected chi connectivity index (χ0v) is 11.0. The molecular formula is C13H11N3O5. The molecule has 0 spiro atoms. The van der Waals surface area contributed by atoms with Gasteiger partial charge in [-0.15, -0.1) is 0 Å². The van der Waals surface area contributed by atoms with Crippen LogP contribution >= 0.6 is 0 Å². The van der Waals surface area contributed by atoms with Crippen molar-refractivity contribution in [3.05, 3.63) is 52.3 Å². The van der Waals surface area contributed by atoms with Crippen LogP contribution in [-0.4, -0.2) is 24.3 Å². The zero-order valence-electron chi connectivity index (χ0n) is 11.0. The lowest BCUT2D eigenvalue weighted by Gasteiger charge is -1.96. The summed E-state index contributed by atoms with van der Waals surface area (Å²) in [6.07, 6.45) is 0.625. The summed E-state index contributed by atoms with van der Waals surface area (Å²) in [7, 11) is 1.23. The number of carbonyl (C=O) groups excluding carboxylic acids is 1. The van der Waals surface area contributed by atoms with Crippen LogP contribution < -0.4 is 5.43 Å². The monoisotopic (exact) mass is 289 g/mol. The quantitative estimate of drug-likeness (QED) is 0.528. The van der Waals surface area contributed by atoms with E-state index in [4.69, 9.17) is 4.42 Å². The summed E-state index contributed by atoms with van der Waals surface area (Å²) in [5, 5.41) is 14.2. The molecular weight excluding hydrogens is 278 g/mol. The van der Waals surface area contributed by atoms with Crippen LogP contribution in [0.25, 0.3) is 11.3 Å². The van der Waals surface area contributed by atoms with Crippen molar-refractivity contribution >= 4 is 18.0 Å². The van der Waals surface area contributed by atoms with Crippen molar-refractivity contribution in [2.75, 3.05) is 7.11 Å². The molecule has 108 valence electrons. The maximum absolute atomic E-state index is 10.8. The first-order valence-electron chi connectivity index (χ1n) is 5.82. The van der Waals surface area contributed by atoms with Gasteiger partial charge in [0.15, 0.2) is 0 Å². The van der Waals surface area contributed by atoms with Gasteiger partial charge in [-0.05, 0) is 24.3 Å². The highest BCUT2D eigenvalue weighted by Gasteiger charge is 2.07. The fourth-order valence-electron chi connectivity index (χ4n) is 1.52. The molecule has 1 amide bonds. The lowest BCUT2D eigenvalue weighted by molar-refractivity contribution is -0.384. The number of nitrogens with one attached hydrogen (secondary N) is 1. The molecule has 0 bridgehead atoms. The number of amides is 1. The molecule has 0 radical (unpaired) electrons. The van der Waals surface area contributed by atoms with Crippen molar-refractivity contribution in [3.63, 3.8) is 0 Å². The van der Waals surface area contributed by atoms with E-state index in [1.165, 1.54) is 25.5 Å². The van der Waals surface area contributed by atoms with Gasteiger partial charge in [-0.25, -0.2) is 10.2 Å². The molecule has 8 heteroatoms. The van der Waals surface area contributed by atoms with E-state index in [2.05, 4.69) is 15.3 Å². The van der Waals surface area contributed by atoms with Crippen molar-refractivity contribution in [3.8, 4) is 11.3 Å². The molecule has 21 heavy (non-hydrogen) atoms. The molecule has 8 nitrogen and oxygen atoms in total. The zero-order chi connectivity index (χ0) is 15.2. The maximum atomic E-state index is 10.8. The van der Waals surface area contributed by atoms with Gasteiger partial charge < -0.3 is 9.15 Å². The minimum Gasteiger partial charge on any atom is -0.455 e. The number of hydrogen-bond donors (Lipinski definition) is 1. The van der Waals surface area contributed by atoms with Crippen LogP contribution in [0.5, 0.6) is 0 Å². The van der Waals surface area contributed by atoms with Gasteiger partial charge in [-0.3, -0.25) is 10.1 Å². The Morgan fingerprint density at radius 1 is 1.33 bits per heavy atom. The number of hydrogen-bond acceptors (Lipinski definition) is 6. The largest absolute Gasteiger partial charge is 0.455 e. The standard InChI is InChI=1S/C13H11N3O5/c1-20-13(17)15-14-8-11-6-7-12(21-11)9-2-4-10(5-3-9)16(18)19/h2-8H,1H3,(H,15,17)/b14-8+. The van der Waals surface area contributed by atoms with Gasteiger partial charge in [-0.2, -0.15) is 5.10 Å². The minimum absolute atomic E-state index is 0.00868. The summed E-state index contributed by atoms with van der Waals surface area (Å²) >= 11 is 0. The Kier molecular flexibility index (Phi) is 4.30. The van der Waals surface area contributed by atoms with Crippen LogP contribution in [0.15, 0.2) is 45.9 Å². The van der Waals surface area contributed by atoms with Gasteiger partial charge >= 0.3 is 6.09 Å². The lowest BCUT2D eigenvalue weighted by Crippen LogP contribution is -2.16. The van der Waals surface area contributed by atoms with Crippen LogP contribution in [0, 0.1) is 10.1 Å². The second-order valence-corrected chi connectivity index (χ2v) is 3.87. The van der Waals surface area contributed by atoms with Crippen LogP contribution in [0.2, 0.25) is 0 Å². The Morgan fingerprint density at radius 3 is 2.67 bits per heavy atom. The number of furan rings is 1. The molecule has 0 unspecified atom stereocenters. The number of nitro benzene ring substituents is 1. The summed E-state index contributed by atoms with van der Waals surface area (Å²) in [6.45, 7) is 0. The van der Waals surface area contributed by atoms with Crippen LogP contribution in [0.1, 0.15) is 5.76 Å². The van der Waals surface area contributed by atoms with Crippen molar-refractivity contribution < 1.29 is 18.9 Å². The average molecular weight is 289 g/mol. The molecule has 0 fully saturated rings. The number of nitrogens with zero attached hydrogens (tertiary/aromatic N) is 2. The summed E-state index contributed by atoms with van der Waals surface area (Å²) in [5.74, 6) is 0.948. The lowest BCUT2D eigenvalue weighted by atomic mass is 10.1.